The van der Waals surface area contributed by atoms with Crippen LogP contribution in [-0.4, -0.2) is 0 Å². The maximum absolute atomic E-state index is 2.32. The predicted octanol–water partition coefficient (Wildman–Crippen LogP) is 9.11. The second-order valence-corrected chi connectivity index (χ2v) is 8.45. The molecular weight excluding hydrogens is 398 g/mol. The molecule has 0 bridgehead atoms. The second-order valence-electron chi connectivity index (χ2n) is 8.45. The third kappa shape index (κ3) is 4.44. The fourth-order valence-corrected chi connectivity index (χ4v) is 4.38. The van der Waals surface area contributed by atoms with Gasteiger partial charge in [0.15, 0.2) is 0 Å². The standard InChI is InChI=1S/C32H27N/c1-24-10-9-13-28(22-24)32-21-20-31(23-25(32)2)33(29-14-7-4-8-15-29)30-18-16-27(17-19-30)26-11-5-3-6-12-26/h3-23H,1-2H3. The van der Waals surface area contributed by atoms with Gasteiger partial charge in [0.05, 0.1) is 0 Å². The van der Waals surface area contributed by atoms with Crippen molar-refractivity contribution < 1.29 is 0 Å². The Morgan fingerprint density at radius 1 is 0.424 bits per heavy atom. The summed E-state index contributed by atoms with van der Waals surface area (Å²) in [7, 11) is 0. The normalized spacial score (nSPS) is 10.7. The molecule has 0 saturated carbocycles. The van der Waals surface area contributed by atoms with Crippen LogP contribution in [0, 0.1) is 13.8 Å². The molecule has 1 heteroatoms. The number of nitrogens with zero attached hydrogens (tertiary/aromatic N) is 1. The molecule has 0 aliphatic rings. The summed E-state index contributed by atoms with van der Waals surface area (Å²) in [6, 6.07) is 45.4. The number of aryl methyl sites for hydroxylation is 2. The van der Waals surface area contributed by atoms with Gasteiger partial charge in [-0.3, -0.25) is 0 Å². The van der Waals surface area contributed by atoms with Crippen LogP contribution in [0.4, 0.5) is 17.1 Å². The van der Waals surface area contributed by atoms with Crippen molar-refractivity contribution in [2.45, 2.75) is 13.8 Å². The first-order chi connectivity index (χ1) is 16.2. The Balaban J connectivity index is 1.56. The quantitative estimate of drug-likeness (QED) is 0.271. The number of para-hydroxylation sites is 1. The Labute approximate surface area is 196 Å². The second kappa shape index (κ2) is 9.18. The Kier molecular flexibility index (Phi) is 5.78. The van der Waals surface area contributed by atoms with Gasteiger partial charge in [0.25, 0.3) is 0 Å². The summed E-state index contributed by atoms with van der Waals surface area (Å²) in [4.78, 5) is 2.32. The largest absolute Gasteiger partial charge is 0.310 e. The van der Waals surface area contributed by atoms with E-state index in [1.165, 1.54) is 33.4 Å². The van der Waals surface area contributed by atoms with Crippen molar-refractivity contribution in [3.63, 3.8) is 0 Å². The zero-order chi connectivity index (χ0) is 22.6. The molecule has 0 heterocycles. The third-order valence-corrected chi connectivity index (χ3v) is 6.04. The molecule has 0 aromatic heterocycles. The van der Waals surface area contributed by atoms with Crippen LogP contribution in [0.25, 0.3) is 22.3 Å². The van der Waals surface area contributed by atoms with Crippen LogP contribution >= 0.6 is 0 Å². The van der Waals surface area contributed by atoms with Crippen LogP contribution in [0.15, 0.2) is 127 Å². The lowest BCUT2D eigenvalue weighted by Crippen LogP contribution is -2.10. The van der Waals surface area contributed by atoms with Gasteiger partial charge in [-0.15, -0.1) is 0 Å². The lowest BCUT2D eigenvalue weighted by atomic mass is 9.98. The van der Waals surface area contributed by atoms with Crippen molar-refractivity contribution in [1.82, 2.24) is 0 Å². The van der Waals surface area contributed by atoms with E-state index >= 15 is 0 Å². The summed E-state index contributed by atoms with van der Waals surface area (Å²) in [6.45, 7) is 4.34. The molecule has 160 valence electrons. The van der Waals surface area contributed by atoms with E-state index in [0.29, 0.717) is 0 Å². The summed E-state index contributed by atoms with van der Waals surface area (Å²) >= 11 is 0. The van der Waals surface area contributed by atoms with Crippen LogP contribution in [0.5, 0.6) is 0 Å². The number of anilines is 3. The summed E-state index contributed by atoms with van der Waals surface area (Å²) in [5.74, 6) is 0. The summed E-state index contributed by atoms with van der Waals surface area (Å²) in [5.41, 5.74) is 11.0. The Bertz CT molecular complexity index is 1350. The lowest BCUT2D eigenvalue weighted by Gasteiger charge is -2.26. The average Bonchev–Trinajstić information content (AvgIpc) is 2.86. The van der Waals surface area contributed by atoms with Crippen molar-refractivity contribution in [1.29, 1.82) is 0 Å². The topological polar surface area (TPSA) is 3.24 Å². The van der Waals surface area contributed by atoms with Gasteiger partial charge in [-0.1, -0.05) is 96.6 Å². The Morgan fingerprint density at radius 3 is 1.67 bits per heavy atom. The molecule has 5 rings (SSSR count). The molecule has 0 aliphatic heterocycles. The fraction of sp³-hybridized carbons (Fsp3) is 0.0625. The molecule has 1 nitrogen and oxygen atoms in total. The smallest absolute Gasteiger partial charge is 0.0464 e. The highest BCUT2D eigenvalue weighted by molar-refractivity contribution is 5.80. The number of rotatable bonds is 5. The Hall–Kier alpha value is -4.10. The SMILES string of the molecule is Cc1cccc(-c2ccc(N(c3ccccc3)c3ccc(-c4ccccc4)cc3)cc2C)c1. The molecule has 0 amide bonds. The van der Waals surface area contributed by atoms with Crippen molar-refractivity contribution in [2.24, 2.45) is 0 Å². The van der Waals surface area contributed by atoms with Crippen LogP contribution < -0.4 is 4.90 Å². The van der Waals surface area contributed by atoms with Crippen molar-refractivity contribution in [2.75, 3.05) is 4.90 Å². The first kappa shape index (κ1) is 20.8. The Morgan fingerprint density at radius 2 is 1.00 bits per heavy atom. The van der Waals surface area contributed by atoms with E-state index in [1.807, 2.05) is 0 Å². The molecule has 0 fully saturated rings. The number of benzene rings is 5. The highest BCUT2D eigenvalue weighted by Crippen LogP contribution is 2.37. The molecule has 33 heavy (non-hydrogen) atoms. The zero-order valence-electron chi connectivity index (χ0n) is 19.1. The van der Waals surface area contributed by atoms with Crippen molar-refractivity contribution >= 4 is 17.1 Å². The molecule has 0 spiro atoms. The van der Waals surface area contributed by atoms with Crippen LogP contribution in [-0.2, 0) is 0 Å². The lowest BCUT2D eigenvalue weighted by molar-refractivity contribution is 1.27. The van der Waals surface area contributed by atoms with Gasteiger partial charge in [0.1, 0.15) is 0 Å². The highest BCUT2D eigenvalue weighted by Gasteiger charge is 2.14. The minimum absolute atomic E-state index is 1.14. The van der Waals surface area contributed by atoms with E-state index in [2.05, 4.69) is 146 Å². The third-order valence-electron chi connectivity index (χ3n) is 6.04. The summed E-state index contributed by atoms with van der Waals surface area (Å²) in [5, 5.41) is 0. The first-order valence-corrected chi connectivity index (χ1v) is 11.4. The number of hydrogen-bond acceptors (Lipinski definition) is 1. The van der Waals surface area contributed by atoms with E-state index in [0.717, 1.165) is 17.1 Å². The van der Waals surface area contributed by atoms with Crippen LogP contribution in [0.1, 0.15) is 11.1 Å². The minimum Gasteiger partial charge on any atom is -0.310 e. The molecule has 5 aromatic rings. The van der Waals surface area contributed by atoms with Gasteiger partial charge in [-0.25, -0.2) is 0 Å². The van der Waals surface area contributed by atoms with Gasteiger partial charge in [0, 0.05) is 17.1 Å². The van der Waals surface area contributed by atoms with Gasteiger partial charge in [0.2, 0.25) is 0 Å². The molecule has 0 radical (unpaired) electrons. The van der Waals surface area contributed by atoms with E-state index in [-0.39, 0.29) is 0 Å². The van der Waals surface area contributed by atoms with Crippen LogP contribution in [0.3, 0.4) is 0 Å². The van der Waals surface area contributed by atoms with Crippen molar-refractivity contribution in [3.05, 3.63) is 139 Å². The molecule has 0 aliphatic carbocycles. The predicted molar refractivity (Wildman–Crippen MR) is 141 cm³/mol. The van der Waals surface area contributed by atoms with Crippen molar-refractivity contribution in [3.8, 4) is 22.3 Å². The maximum atomic E-state index is 2.32. The van der Waals surface area contributed by atoms with E-state index in [9.17, 15) is 0 Å². The molecule has 0 N–H and O–H groups in total. The monoisotopic (exact) mass is 425 g/mol. The van der Waals surface area contributed by atoms with Gasteiger partial charge in [-0.05, 0) is 78.1 Å². The summed E-state index contributed by atoms with van der Waals surface area (Å²) < 4.78 is 0. The zero-order valence-corrected chi connectivity index (χ0v) is 19.1. The minimum atomic E-state index is 1.14. The number of hydrogen-bond donors (Lipinski definition) is 0. The van der Waals surface area contributed by atoms with Crippen LogP contribution in [0.2, 0.25) is 0 Å². The molecule has 5 aromatic carbocycles. The maximum Gasteiger partial charge on any atom is 0.0464 e. The summed E-state index contributed by atoms with van der Waals surface area (Å²) in [6.07, 6.45) is 0. The molecule has 0 atom stereocenters. The fourth-order valence-electron chi connectivity index (χ4n) is 4.38. The van der Waals surface area contributed by atoms with Gasteiger partial charge in [-0.2, -0.15) is 0 Å². The van der Waals surface area contributed by atoms with E-state index < -0.39 is 0 Å². The van der Waals surface area contributed by atoms with E-state index in [4.69, 9.17) is 0 Å². The average molecular weight is 426 g/mol. The highest BCUT2D eigenvalue weighted by atomic mass is 15.1. The van der Waals surface area contributed by atoms with Gasteiger partial charge < -0.3 is 4.90 Å². The van der Waals surface area contributed by atoms with Gasteiger partial charge >= 0.3 is 0 Å². The molecular formula is C32H27N. The molecule has 0 saturated heterocycles. The van der Waals surface area contributed by atoms with E-state index in [1.54, 1.807) is 0 Å². The molecule has 0 unspecified atom stereocenters. The first-order valence-electron chi connectivity index (χ1n) is 11.4.